The monoisotopic (exact) mass is 353 g/mol. The van der Waals surface area contributed by atoms with Gasteiger partial charge in [-0.2, -0.15) is 0 Å². The van der Waals surface area contributed by atoms with E-state index in [-0.39, 0.29) is 12.0 Å². The molecule has 5 heteroatoms. The fourth-order valence-electron chi connectivity index (χ4n) is 3.89. The normalized spacial score (nSPS) is 20.1. The maximum Gasteiger partial charge on any atom is 0.253 e. The predicted octanol–water partition coefficient (Wildman–Crippen LogP) is 3.51. The van der Waals surface area contributed by atoms with Gasteiger partial charge in [-0.1, -0.05) is 18.6 Å². The van der Waals surface area contributed by atoms with Gasteiger partial charge in [-0.3, -0.25) is 4.79 Å². The number of nitrogens with zero attached hydrogens (tertiary/aromatic N) is 3. The highest BCUT2D eigenvalue weighted by Crippen LogP contribution is 2.29. The van der Waals surface area contributed by atoms with Crippen molar-refractivity contribution < 1.29 is 9.53 Å². The summed E-state index contributed by atoms with van der Waals surface area (Å²) in [5.74, 6) is 0.775. The minimum atomic E-state index is 0.122. The number of hydrogen-bond acceptors (Lipinski definition) is 3. The van der Waals surface area contributed by atoms with Crippen LogP contribution in [0, 0.1) is 5.92 Å². The van der Waals surface area contributed by atoms with Crippen LogP contribution in [0.4, 0.5) is 0 Å². The summed E-state index contributed by atoms with van der Waals surface area (Å²) >= 11 is 0. The van der Waals surface area contributed by atoms with Gasteiger partial charge >= 0.3 is 0 Å². The standard InChI is InChI=1S/C21H27N3O2/c1-23-15-22-12-20(23)17-7-3-8-18(11-17)21(25)24(13-16-5-2-6-16)14-19-9-4-10-26-19/h3,7-8,11-12,15-16,19H,2,4-6,9-10,13-14H2,1H3. The van der Waals surface area contributed by atoms with Gasteiger partial charge in [0.15, 0.2) is 0 Å². The number of hydrogen-bond donors (Lipinski definition) is 0. The maximum absolute atomic E-state index is 13.3. The van der Waals surface area contributed by atoms with Crippen LogP contribution >= 0.6 is 0 Å². The third-order valence-corrected chi connectivity index (χ3v) is 5.66. The summed E-state index contributed by atoms with van der Waals surface area (Å²) in [6, 6.07) is 7.90. The highest BCUT2D eigenvalue weighted by atomic mass is 16.5. The Kier molecular flexibility index (Phi) is 5.07. The Morgan fingerprint density at radius 3 is 2.81 bits per heavy atom. The molecule has 1 saturated heterocycles. The van der Waals surface area contributed by atoms with Crippen LogP contribution in [0.2, 0.25) is 0 Å². The molecule has 1 aliphatic carbocycles. The molecule has 0 radical (unpaired) electrons. The van der Waals surface area contributed by atoms with Gasteiger partial charge in [-0.15, -0.1) is 0 Å². The zero-order valence-corrected chi connectivity index (χ0v) is 15.4. The Hall–Kier alpha value is -2.14. The predicted molar refractivity (Wildman–Crippen MR) is 101 cm³/mol. The zero-order chi connectivity index (χ0) is 17.9. The van der Waals surface area contributed by atoms with E-state index in [1.54, 1.807) is 6.33 Å². The second-order valence-corrected chi connectivity index (χ2v) is 7.61. The molecule has 2 aliphatic rings. The van der Waals surface area contributed by atoms with Gasteiger partial charge in [0, 0.05) is 37.9 Å². The molecule has 138 valence electrons. The lowest BCUT2D eigenvalue weighted by molar-refractivity contribution is 0.0448. The van der Waals surface area contributed by atoms with Crippen LogP contribution < -0.4 is 0 Å². The molecular formula is C21H27N3O2. The summed E-state index contributed by atoms with van der Waals surface area (Å²) in [6.07, 6.45) is 9.75. The number of ether oxygens (including phenoxy) is 1. The molecule has 1 aliphatic heterocycles. The van der Waals surface area contributed by atoms with E-state index in [0.29, 0.717) is 12.5 Å². The summed E-state index contributed by atoms with van der Waals surface area (Å²) < 4.78 is 7.77. The number of rotatable bonds is 6. The number of aryl methyl sites for hydroxylation is 1. The van der Waals surface area contributed by atoms with Gasteiger partial charge < -0.3 is 14.2 Å². The summed E-state index contributed by atoms with van der Waals surface area (Å²) in [6.45, 7) is 2.39. The van der Waals surface area contributed by atoms with E-state index in [9.17, 15) is 4.79 Å². The first kappa shape index (κ1) is 17.3. The highest BCUT2D eigenvalue weighted by Gasteiger charge is 2.28. The van der Waals surface area contributed by atoms with Crippen molar-refractivity contribution in [1.82, 2.24) is 14.5 Å². The molecule has 4 rings (SSSR count). The molecule has 1 saturated carbocycles. The van der Waals surface area contributed by atoms with Crippen LogP contribution in [0.15, 0.2) is 36.8 Å². The van der Waals surface area contributed by atoms with E-state index in [1.165, 1.54) is 19.3 Å². The third-order valence-electron chi connectivity index (χ3n) is 5.66. The Labute approximate surface area is 155 Å². The van der Waals surface area contributed by atoms with Crippen LogP contribution in [-0.4, -0.2) is 46.2 Å². The first-order valence-electron chi connectivity index (χ1n) is 9.68. The summed E-state index contributed by atoms with van der Waals surface area (Å²) in [5.41, 5.74) is 2.79. The van der Waals surface area contributed by atoms with Crippen molar-refractivity contribution in [2.24, 2.45) is 13.0 Å². The lowest BCUT2D eigenvalue weighted by Gasteiger charge is -2.33. The molecule has 1 atom stereocenters. The van der Waals surface area contributed by atoms with E-state index in [1.807, 2.05) is 47.0 Å². The van der Waals surface area contributed by atoms with Gasteiger partial charge in [-0.25, -0.2) is 4.98 Å². The molecule has 0 spiro atoms. The van der Waals surface area contributed by atoms with Crippen molar-refractivity contribution in [1.29, 1.82) is 0 Å². The van der Waals surface area contributed by atoms with Crippen LogP contribution in [0.5, 0.6) is 0 Å². The minimum absolute atomic E-state index is 0.122. The number of benzene rings is 1. The van der Waals surface area contributed by atoms with Crippen molar-refractivity contribution in [3.05, 3.63) is 42.4 Å². The topological polar surface area (TPSA) is 47.4 Å². The largest absolute Gasteiger partial charge is 0.376 e. The second kappa shape index (κ2) is 7.62. The maximum atomic E-state index is 13.3. The Balaban J connectivity index is 1.54. The van der Waals surface area contributed by atoms with Gasteiger partial charge in [0.05, 0.1) is 24.3 Å². The number of carbonyl (C=O) groups is 1. The molecular weight excluding hydrogens is 326 g/mol. The molecule has 1 aromatic heterocycles. The lowest BCUT2D eigenvalue weighted by atomic mass is 9.85. The highest BCUT2D eigenvalue weighted by molar-refractivity contribution is 5.95. The number of amides is 1. The summed E-state index contributed by atoms with van der Waals surface area (Å²) in [5, 5.41) is 0. The van der Waals surface area contributed by atoms with Crippen LogP contribution in [0.1, 0.15) is 42.5 Å². The fourth-order valence-corrected chi connectivity index (χ4v) is 3.89. The van der Waals surface area contributed by atoms with E-state index in [0.717, 1.165) is 42.8 Å². The van der Waals surface area contributed by atoms with E-state index >= 15 is 0 Å². The summed E-state index contributed by atoms with van der Waals surface area (Å²) in [7, 11) is 1.97. The molecule has 1 aromatic carbocycles. The molecule has 26 heavy (non-hydrogen) atoms. The van der Waals surface area contributed by atoms with Crippen molar-refractivity contribution >= 4 is 5.91 Å². The van der Waals surface area contributed by atoms with Crippen molar-refractivity contribution in [2.75, 3.05) is 19.7 Å². The lowest BCUT2D eigenvalue weighted by Crippen LogP contribution is -2.41. The van der Waals surface area contributed by atoms with Gasteiger partial charge in [-0.05, 0) is 43.7 Å². The van der Waals surface area contributed by atoms with Gasteiger partial charge in [0.25, 0.3) is 5.91 Å². The fraction of sp³-hybridized carbons (Fsp3) is 0.524. The van der Waals surface area contributed by atoms with E-state index in [4.69, 9.17) is 4.74 Å². The SMILES string of the molecule is Cn1cncc1-c1cccc(C(=O)N(CC2CCC2)CC2CCCO2)c1. The van der Waals surface area contributed by atoms with E-state index in [2.05, 4.69) is 4.98 Å². The molecule has 5 nitrogen and oxygen atoms in total. The molecule has 0 N–H and O–H groups in total. The number of carbonyl (C=O) groups excluding carboxylic acids is 1. The average molecular weight is 353 g/mol. The Morgan fingerprint density at radius 1 is 1.27 bits per heavy atom. The molecule has 2 heterocycles. The number of imidazole rings is 1. The molecule has 2 fully saturated rings. The van der Waals surface area contributed by atoms with Crippen LogP contribution in [-0.2, 0) is 11.8 Å². The first-order chi connectivity index (χ1) is 12.7. The van der Waals surface area contributed by atoms with Crippen LogP contribution in [0.3, 0.4) is 0 Å². The van der Waals surface area contributed by atoms with Crippen LogP contribution in [0.25, 0.3) is 11.3 Å². The Morgan fingerprint density at radius 2 is 2.15 bits per heavy atom. The third kappa shape index (κ3) is 3.68. The van der Waals surface area contributed by atoms with Gasteiger partial charge in [0.1, 0.15) is 0 Å². The molecule has 1 unspecified atom stereocenters. The van der Waals surface area contributed by atoms with Crippen molar-refractivity contribution in [3.63, 3.8) is 0 Å². The average Bonchev–Trinajstić information content (AvgIpc) is 3.28. The molecule has 2 aromatic rings. The van der Waals surface area contributed by atoms with E-state index < -0.39 is 0 Å². The summed E-state index contributed by atoms with van der Waals surface area (Å²) in [4.78, 5) is 19.5. The minimum Gasteiger partial charge on any atom is -0.376 e. The van der Waals surface area contributed by atoms with Crippen molar-refractivity contribution in [3.8, 4) is 11.3 Å². The Bertz CT molecular complexity index is 760. The van der Waals surface area contributed by atoms with Gasteiger partial charge in [0.2, 0.25) is 0 Å². The van der Waals surface area contributed by atoms with Crippen molar-refractivity contribution in [2.45, 2.75) is 38.2 Å². The molecule has 0 bridgehead atoms. The number of aromatic nitrogens is 2. The zero-order valence-electron chi connectivity index (χ0n) is 15.4. The quantitative estimate of drug-likeness (QED) is 0.798. The first-order valence-corrected chi connectivity index (χ1v) is 9.68. The second-order valence-electron chi connectivity index (χ2n) is 7.61. The molecule has 1 amide bonds. The smallest absolute Gasteiger partial charge is 0.253 e.